The van der Waals surface area contributed by atoms with Crippen LogP contribution in [0.2, 0.25) is 0 Å². The van der Waals surface area contributed by atoms with Gasteiger partial charge in [0.1, 0.15) is 0 Å². The van der Waals surface area contributed by atoms with E-state index in [1.807, 2.05) is 24.3 Å². The summed E-state index contributed by atoms with van der Waals surface area (Å²) < 4.78 is 0. The van der Waals surface area contributed by atoms with Crippen LogP contribution in [0.15, 0.2) is 36.5 Å². The number of hydrogen-bond acceptors (Lipinski definition) is 1. The van der Waals surface area contributed by atoms with Gasteiger partial charge in [-0.15, -0.1) is 0 Å². The van der Waals surface area contributed by atoms with Crippen molar-refractivity contribution in [2.75, 3.05) is 6.54 Å². The normalized spacial score (nSPS) is 12.4. The van der Waals surface area contributed by atoms with Crippen LogP contribution in [0, 0.1) is 0 Å². The summed E-state index contributed by atoms with van der Waals surface area (Å²) in [5.74, 6) is 0. The highest BCUT2D eigenvalue weighted by atomic mass is 14.5. The molecule has 0 aliphatic heterocycles. The van der Waals surface area contributed by atoms with Crippen molar-refractivity contribution in [3.8, 4) is 0 Å². The van der Waals surface area contributed by atoms with Gasteiger partial charge in [0, 0.05) is 6.54 Å². The molecule has 0 heterocycles. The molecular formula is C9H15N. The first kappa shape index (κ1) is 9.18. The van der Waals surface area contributed by atoms with Crippen molar-refractivity contribution in [3.05, 3.63) is 36.5 Å². The first-order valence-electron chi connectivity index (χ1n) is 3.53. The lowest BCUT2D eigenvalue weighted by Crippen LogP contribution is -1.91. The minimum atomic E-state index is 0.602. The first-order chi connectivity index (χ1) is 4.85. The molecule has 0 fully saturated rings. The van der Waals surface area contributed by atoms with Crippen LogP contribution in [-0.4, -0.2) is 6.54 Å². The standard InChI is InChI=1S/C9H15N/c1-3-9(4-2)7-5-6-8-10/h3,5-7H,1,4,8,10H2,2H3/b6-5-,9-7+. The van der Waals surface area contributed by atoms with Gasteiger partial charge in [-0.25, -0.2) is 0 Å². The van der Waals surface area contributed by atoms with Crippen molar-refractivity contribution in [3.63, 3.8) is 0 Å². The molecule has 10 heavy (non-hydrogen) atoms. The Bertz CT molecular complexity index is 143. The average molecular weight is 137 g/mol. The second kappa shape index (κ2) is 6.30. The fourth-order valence-electron chi connectivity index (χ4n) is 0.600. The van der Waals surface area contributed by atoms with Crippen molar-refractivity contribution < 1.29 is 0 Å². The minimum absolute atomic E-state index is 0.602. The van der Waals surface area contributed by atoms with Gasteiger partial charge in [-0.1, -0.05) is 37.8 Å². The third kappa shape index (κ3) is 4.10. The van der Waals surface area contributed by atoms with Crippen LogP contribution in [0.1, 0.15) is 13.3 Å². The summed E-state index contributed by atoms with van der Waals surface area (Å²) in [7, 11) is 0. The summed E-state index contributed by atoms with van der Waals surface area (Å²) in [6.45, 7) is 6.38. The molecule has 56 valence electrons. The summed E-state index contributed by atoms with van der Waals surface area (Å²) in [4.78, 5) is 0. The lowest BCUT2D eigenvalue weighted by atomic mass is 10.2. The molecule has 1 nitrogen and oxygen atoms in total. The van der Waals surface area contributed by atoms with Gasteiger partial charge in [-0.05, 0) is 12.0 Å². The molecule has 0 spiro atoms. The molecule has 0 amide bonds. The maximum atomic E-state index is 5.26. The van der Waals surface area contributed by atoms with E-state index < -0.39 is 0 Å². The molecule has 2 N–H and O–H groups in total. The molecule has 0 saturated heterocycles. The van der Waals surface area contributed by atoms with Crippen molar-refractivity contribution in [1.82, 2.24) is 0 Å². The molecule has 0 aromatic carbocycles. The molecule has 0 aliphatic rings. The first-order valence-corrected chi connectivity index (χ1v) is 3.53. The van der Waals surface area contributed by atoms with Gasteiger partial charge in [-0.3, -0.25) is 0 Å². The third-order valence-corrected chi connectivity index (χ3v) is 1.25. The summed E-state index contributed by atoms with van der Waals surface area (Å²) in [5.41, 5.74) is 6.50. The van der Waals surface area contributed by atoms with E-state index in [0.29, 0.717) is 6.54 Å². The van der Waals surface area contributed by atoms with Gasteiger partial charge in [-0.2, -0.15) is 0 Å². The lowest BCUT2D eigenvalue weighted by Gasteiger charge is -1.90. The van der Waals surface area contributed by atoms with Crippen LogP contribution in [0.3, 0.4) is 0 Å². The summed E-state index contributed by atoms with van der Waals surface area (Å²) >= 11 is 0. The molecule has 0 radical (unpaired) electrons. The summed E-state index contributed by atoms with van der Waals surface area (Å²) in [5, 5.41) is 0. The Labute approximate surface area is 62.9 Å². The summed E-state index contributed by atoms with van der Waals surface area (Å²) in [6.07, 6.45) is 8.79. The second-order valence-electron chi connectivity index (χ2n) is 1.96. The van der Waals surface area contributed by atoms with Crippen LogP contribution in [0.5, 0.6) is 0 Å². The highest BCUT2D eigenvalue weighted by Gasteiger charge is 1.80. The van der Waals surface area contributed by atoms with Gasteiger partial charge in [0.2, 0.25) is 0 Å². The number of hydrogen-bond donors (Lipinski definition) is 1. The van der Waals surface area contributed by atoms with Crippen molar-refractivity contribution in [1.29, 1.82) is 0 Å². The van der Waals surface area contributed by atoms with Gasteiger partial charge in [0.05, 0.1) is 0 Å². The third-order valence-electron chi connectivity index (χ3n) is 1.25. The Balaban J connectivity index is 3.85. The van der Waals surface area contributed by atoms with E-state index in [9.17, 15) is 0 Å². The molecule has 0 aromatic rings. The molecule has 0 rings (SSSR count). The molecule has 0 bridgehead atoms. The zero-order valence-corrected chi connectivity index (χ0v) is 6.51. The fraction of sp³-hybridized carbons (Fsp3) is 0.333. The molecule has 0 atom stereocenters. The Kier molecular flexibility index (Phi) is 5.79. The monoisotopic (exact) mass is 137 g/mol. The predicted octanol–water partition coefficient (Wildman–Crippen LogP) is 2.02. The largest absolute Gasteiger partial charge is 0.327 e. The highest BCUT2D eigenvalue weighted by Crippen LogP contribution is 2.00. The van der Waals surface area contributed by atoms with Crippen LogP contribution < -0.4 is 5.73 Å². The van der Waals surface area contributed by atoms with Gasteiger partial charge in [0.15, 0.2) is 0 Å². The van der Waals surface area contributed by atoms with Crippen LogP contribution in [-0.2, 0) is 0 Å². The molecular weight excluding hydrogens is 122 g/mol. The maximum absolute atomic E-state index is 5.26. The zero-order valence-electron chi connectivity index (χ0n) is 6.51. The van der Waals surface area contributed by atoms with E-state index in [4.69, 9.17) is 5.73 Å². The van der Waals surface area contributed by atoms with Crippen molar-refractivity contribution in [2.45, 2.75) is 13.3 Å². The number of allylic oxidation sites excluding steroid dienone is 4. The van der Waals surface area contributed by atoms with Gasteiger partial charge >= 0.3 is 0 Å². The molecule has 0 saturated carbocycles. The van der Waals surface area contributed by atoms with Gasteiger partial charge in [0.25, 0.3) is 0 Å². The molecule has 0 aliphatic carbocycles. The average Bonchev–Trinajstić information content (AvgIpc) is 1.99. The van der Waals surface area contributed by atoms with Crippen LogP contribution in [0.25, 0.3) is 0 Å². The lowest BCUT2D eigenvalue weighted by molar-refractivity contribution is 1.15. The predicted molar refractivity (Wildman–Crippen MR) is 46.8 cm³/mol. The van der Waals surface area contributed by atoms with E-state index in [1.165, 1.54) is 5.57 Å². The van der Waals surface area contributed by atoms with Crippen LogP contribution in [0.4, 0.5) is 0 Å². The van der Waals surface area contributed by atoms with E-state index in [1.54, 1.807) is 0 Å². The molecule has 1 heteroatoms. The smallest absolute Gasteiger partial charge is 0.0109 e. The van der Waals surface area contributed by atoms with E-state index >= 15 is 0 Å². The summed E-state index contributed by atoms with van der Waals surface area (Å²) in [6, 6.07) is 0. The van der Waals surface area contributed by atoms with Gasteiger partial charge < -0.3 is 5.73 Å². The highest BCUT2D eigenvalue weighted by molar-refractivity contribution is 5.21. The van der Waals surface area contributed by atoms with Crippen molar-refractivity contribution in [2.24, 2.45) is 5.73 Å². The minimum Gasteiger partial charge on any atom is -0.327 e. The zero-order chi connectivity index (χ0) is 7.82. The Morgan fingerprint density at radius 1 is 1.60 bits per heavy atom. The SMILES string of the molecule is C=C/C(=C\C=C/CN)CC. The van der Waals surface area contributed by atoms with E-state index in [2.05, 4.69) is 13.5 Å². The van der Waals surface area contributed by atoms with Crippen molar-refractivity contribution >= 4 is 0 Å². The molecule has 0 aromatic heterocycles. The quantitative estimate of drug-likeness (QED) is 0.589. The fourth-order valence-corrected chi connectivity index (χ4v) is 0.600. The Morgan fingerprint density at radius 3 is 2.70 bits per heavy atom. The Morgan fingerprint density at radius 2 is 2.30 bits per heavy atom. The van der Waals surface area contributed by atoms with Crippen LogP contribution >= 0.6 is 0 Å². The Hall–Kier alpha value is -0.820. The number of rotatable bonds is 4. The second-order valence-corrected chi connectivity index (χ2v) is 1.96. The van der Waals surface area contributed by atoms with E-state index in [-0.39, 0.29) is 0 Å². The molecule has 0 unspecified atom stereocenters. The number of nitrogens with two attached hydrogens (primary N) is 1. The maximum Gasteiger partial charge on any atom is 0.0109 e. The topological polar surface area (TPSA) is 26.0 Å². The van der Waals surface area contributed by atoms with E-state index in [0.717, 1.165) is 6.42 Å².